The summed E-state index contributed by atoms with van der Waals surface area (Å²) in [6, 6.07) is 5.60. The third-order valence-corrected chi connectivity index (χ3v) is 2.57. The molecule has 1 N–H and O–H groups in total. The second-order valence-electron chi connectivity index (χ2n) is 3.64. The van der Waals surface area contributed by atoms with Gasteiger partial charge in [0.1, 0.15) is 5.75 Å². The molecule has 0 saturated heterocycles. The van der Waals surface area contributed by atoms with Crippen molar-refractivity contribution >= 4 is 27.5 Å². The quantitative estimate of drug-likeness (QED) is 0.917. The van der Waals surface area contributed by atoms with Gasteiger partial charge in [0, 0.05) is 11.4 Å². The molecule has 0 radical (unpaired) electrons. The van der Waals surface area contributed by atoms with Crippen LogP contribution in [0.3, 0.4) is 0 Å². The van der Waals surface area contributed by atoms with Crippen LogP contribution in [0.2, 0.25) is 0 Å². The maximum Gasteiger partial charge on any atom is 0.221 e. The molecule has 0 spiro atoms. The summed E-state index contributed by atoms with van der Waals surface area (Å²) in [7, 11) is 0. The molecule has 1 aromatic carbocycles. The van der Waals surface area contributed by atoms with Gasteiger partial charge in [-0.25, -0.2) is 0 Å². The minimum absolute atomic E-state index is 0.0852. The SMILES string of the molecule is CC(=O)Nc1ccc(Br)cc1OC1CC1. The van der Waals surface area contributed by atoms with Crippen molar-refractivity contribution in [3.8, 4) is 5.75 Å². The maximum absolute atomic E-state index is 11.0. The van der Waals surface area contributed by atoms with E-state index < -0.39 is 0 Å². The Bertz CT molecular complexity index is 388. The molecule has 0 bridgehead atoms. The maximum atomic E-state index is 11.0. The van der Waals surface area contributed by atoms with Gasteiger partial charge < -0.3 is 10.1 Å². The normalized spacial score (nSPS) is 14.8. The van der Waals surface area contributed by atoms with Crippen LogP contribution >= 0.6 is 15.9 Å². The molecule has 0 aliphatic heterocycles. The highest BCUT2D eigenvalue weighted by atomic mass is 79.9. The zero-order chi connectivity index (χ0) is 10.8. The number of amides is 1. The monoisotopic (exact) mass is 269 g/mol. The standard InChI is InChI=1S/C11H12BrNO2/c1-7(14)13-10-5-2-8(12)6-11(10)15-9-3-4-9/h2,5-6,9H,3-4H2,1H3,(H,13,14). The predicted molar refractivity (Wildman–Crippen MR) is 62.1 cm³/mol. The lowest BCUT2D eigenvalue weighted by Crippen LogP contribution is -2.08. The molecule has 3 nitrogen and oxygen atoms in total. The van der Waals surface area contributed by atoms with Gasteiger partial charge in [-0.1, -0.05) is 15.9 Å². The van der Waals surface area contributed by atoms with Crippen molar-refractivity contribution in [1.82, 2.24) is 0 Å². The minimum Gasteiger partial charge on any atom is -0.488 e. The van der Waals surface area contributed by atoms with E-state index in [1.54, 1.807) is 0 Å². The molecule has 2 rings (SSSR count). The van der Waals surface area contributed by atoms with Crippen LogP contribution in [-0.4, -0.2) is 12.0 Å². The summed E-state index contributed by atoms with van der Waals surface area (Å²) in [5.41, 5.74) is 0.734. The lowest BCUT2D eigenvalue weighted by atomic mass is 10.3. The molecule has 1 fully saturated rings. The van der Waals surface area contributed by atoms with Crippen molar-refractivity contribution in [2.75, 3.05) is 5.32 Å². The molecule has 0 heterocycles. The van der Waals surface area contributed by atoms with Crippen LogP contribution in [-0.2, 0) is 4.79 Å². The number of hydrogen-bond donors (Lipinski definition) is 1. The van der Waals surface area contributed by atoms with Crippen molar-refractivity contribution < 1.29 is 9.53 Å². The van der Waals surface area contributed by atoms with E-state index in [9.17, 15) is 4.79 Å². The fourth-order valence-corrected chi connectivity index (χ4v) is 1.59. The lowest BCUT2D eigenvalue weighted by molar-refractivity contribution is -0.114. The first-order valence-electron chi connectivity index (χ1n) is 4.89. The second kappa shape index (κ2) is 4.23. The summed E-state index contributed by atoms with van der Waals surface area (Å²) in [5.74, 6) is 0.653. The Balaban J connectivity index is 2.21. The molecular formula is C11H12BrNO2. The fourth-order valence-electron chi connectivity index (χ4n) is 1.25. The largest absolute Gasteiger partial charge is 0.488 e. The van der Waals surface area contributed by atoms with E-state index in [0.29, 0.717) is 6.10 Å². The van der Waals surface area contributed by atoms with Crippen molar-refractivity contribution in [2.45, 2.75) is 25.9 Å². The Kier molecular flexibility index (Phi) is 2.95. The Morgan fingerprint density at radius 1 is 1.53 bits per heavy atom. The van der Waals surface area contributed by atoms with E-state index in [-0.39, 0.29) is 5.91 Å². The first-order chi connectivity index (χ1) is 7.15. The number of hydrogen-bond acceptors (Lipinski definition) is 2. The molecule has 1 amide bonds. The third-order valence-electron chi connectivity index (χ3n) is 2.07. The number of anilines is 1. The molecule has 15 heavy (non-hydrogen) atoms. The zero-order valence-corrected chi connectivity index (χ0v) is 10.0. The van der Waals surface area contributed by atoms with Crippen LogP contribution in [0.25, 0.3) is 0 Å². The van der Waals surface area contributed by atoms with Crippen molar-refractivity contribution in [3.05, 3.63) is 22.7 Å². The van der Waals surface area contributed by atoms with Gasteiger partial charge >= 0.3 is 0 Å². The topological polar surface area (TPSA) is 38.3 Å². The van der Waals surface area contributed by atoms with E-state index in [2.05, 4.69) is 21.2 Å². The van der Waals surface area contributed by atoms with Crippen molar-refractivity contribution in [2.24, 2.45) is 0 Å². The lowest BCUT2D eigenvalue weighted by Gasteiger charge is -2.11. The highest BCUT2D eigenvalue weighted by molar-refractivity contribution is 9.10. The highest BCUT2D eigenvalue weighted by Gasteiger charge is 2.24. The summed E-state index contributed by atoms with van der Waals surface area (Å²) in [6.45, 7) is 1.49. The Morgan fingerprint density at radius 3 is 2.87 bits per heavy atom. The van der Waals surface area contributed by atoms with Crippen molar-refractivity contribution in [3.63, 3.8) is 0 Å². The number of halogens is 1. The first-order valence-corrected chi connectivity index (χ1v) is 5.68. The Labute approximate surface area is 96.9 Å². The molecule has 1 aliphatic carbocycles. The highest BCUT2D eigenvalue weighted by Crippen LogP contribution is 2.34. The number of nitrogens with one attached hydrogen (secondary N) is 1. The van der Waals surface area contributed by atoms with Crippen LogP contribution in [0.5, 0.6) is 5.75 Å². The average molecular weight is 270 g/mol. The summed E-state index contributed by atoms with van der Waals surface area (Å²) in [6.07, 6.45) is 2.53. The molecular weight excluding hydrogens is 258 g/mol. The number of carbonyl (C=O) groups is 1. The van der Waals surface area contributed by atoms with Gasteiger partial charge in [-0.3, -0.25) is 4.79 Å². The number of carbonyl (C=O) groups excluding carboxylic acids is 1. The van der Waals surface area contributed by atoms with Gasteiger partial charge in [-0.2, -0.15) is 0 Å². The van der Waals surface area contributed by atoms with Gasteiger partial charge in [0.15, 0.2) is 0 Å². The van der Waals surface area contributed by atoms with E-state index >= 15 is 0 Å². The van der Waals surface area contributed by atoms with E-state index in [1.807, 2.05) is 18.2 Å². The Morgan fingerprint density at radius 2 is 2.27 bits per heavy atom. The zero-order valence-electron chi connectivity index (χ0n) is 8.42. The summed E-state index contributed by atoms with van der Waals surface area (Å²) in [4.78, 5) is 11.0. The predicted octanol–water partition coefficient (Wildman–Crippen LogP) is 2.95. The first kappa shape index (κ1) is 10.5. The van der Waals surface area contributed by atoms with Crippen molar-refractivity contribution in [1.29, 1.82) is 0 Å². The molecule has 0 unspecified atom stereocenters. The molecule has 0 aromatic heterocycles. The minimum atomic E-state index is -0.0852. The van der Waals surface area contributed by atoms with Crippen LogP contribution in [0, 0.1) is 0 Å². The average Bonchev–Trinajstić information content (AvgIpc) is 2.93. The second-order valence-corrected chi connectivity index (χ2v) is 4.55. The molecule has 1 saturated carbocycles. The van der Waals surface area contributed by atoms with Gasteiger partial charge in [-0.15, -0.1) is 0 Å². The summed E-state index contributed by atoms with van der Waals surface area (Å²) in [5, 5.41) is 2.75. The fraction of sp³-hybridized carbons (Fsp3) is 0.364. The van der Waals surface area contributed by atoms with E-state index in [4.69, 9.17) is 4.74 Å². The Hall–Kier alpha value is -1.03. The molecule has 1 aliphatic rings. The van der Waals surface area contributed by atoms with Crippen LogP contribution < -0.4 is 10.1 Å². The van der Waals surface area contributed by atoms with E-state index in [0.717, 1.165) is 28.8 Å². The van der Waals surface area contributed by atoms with Crippen LogP contribution in [0.1, 0.15) is 19.8 Å². The number of benzene rings is 1. The summed E-state index contributed by atoms with van der Waals surface area (Å²) < 4.78 is 6.64. The smallest absolute Gasteiger partial charge is 0.221 e. The van der Waals surface area contributed by atoms with Gasteiger partial charge in [0.25, 0.3) is 0 Å². The van der Waals surface area contributed by atoms with E-state index in [1.165, 1.54) is 6.92 Å². The number of rotatable bonds is 3. The number of ether oxygens (including phenoxy) is 1. The van der Waals surface area contributed by atoms with Crippen LogP contribution in [0.4, 0.5) is 5.69 Å². The van der Waals surface area contributed by atoms with Gasteiger partial charge in [0.2, 0.25) is 5.91 Å². The summed E-state index contributed by atoms with van der Waals surface area (Å²) >= 11 is 3.38. The molecule has 1 aromatic rings. The molecule has 80 valence electrons. The van der Waals surface area contributed by atoms with Gasteiger partial charge in [-0.05, 0) is 31.0 Å². The molecule has 0 atom stereocenters. The van der Waals surface area contributed by atoms with Crippen LogP contribution in [0.15, 0.2) is 22.7 Å². The molecule has 4 heteroatoms. The van der Waals surface area contributed by atoms with Gasteiger partial charge in [0.05, 0.1) is 11.8 Å². The third kappa shape index (κ3) is 2.96.